The zero-order valence-electron chi connectivity index (χ0n) is 11.7. The number of carbonyl (C=O) groups is 1. The second-order valence-electron chi connectivity index (χ2n) is 5.47. The SMILES string of the molecule is Cc1cnn(CC2CCCCN2C(=O)c2ccc[nH]2)c1. The summed E-state index contributed by atoms with van der Waals surface area (Å²) < 4.78 is 1.94. The topological polar surface area (TPSA) is 53.9 Å². The van der Waals surface area contributed by atoms with Crippen molar-refractivity contribution in [3.8, 4) is 0 Å². The number of nitrogens with one attached hydrogen (secondary N) is 1. The average Bonchev–Trinajstić information content (AvgIpc) is 3.10. The number of piperidine rings is 1. The summed E-state index contributed by atoms with van der Waals surface area (Å²) in [7, 11) is 0. The Balaban J connectivity index is 1.75. The van der Waals surface area contributed by atoms with E-state index in [4.69, 9.17) is 0 Å². The Morgan fingerprint density at radius 3 is 3.10 bits per heavy atom. The van der Waals surface area contributed by atoms with Crippen LogP contribution in [0.5, 0.6) is 0 Å². The van der Waals surface area contributed by atoms with Crippen LogP contribution >= 0.6 is 0 Å². The molecule has 1 atom stereocenters. The number of aromatic amines is 1. The van der Waals surface area contributed by atoms with Crippen LogP contribution < -0.4 is 0 Å². The van der Waals surface area contributed by atoms with Crippen molar-refractivity contribution in [2.75, 3.05) is 6.54 Å². The Morgan fingerprint density at radius 1 is 1.50 bits per heavy atom. The van der Waals surface area contributed by atoms with Crippen LogP contribution in [0.2, 0.25) is 0 Å². The molecule has 1 aliphatic rings. The normalized spacial score (nSPS) is 19.2. The molecule has 0 aromatic carbocycles. The lowest BCUT2D eigenvalue weighted by Gasteiger charge is -2.35. The first-order valence-corrected chi connectivity index (χ1v) is 7.17. The minimum absolute atomic E-state index is 0.101. The zero-order valence-corrected chi connectivity index (χ0v) is 11.7. The van der Waals surface area contributed by atoms with Gasteiger partial charge in [0.05, 0.1) is 18.8 Å². The maximum absolute atomic E-state index is 12.5. The zero-order chi connectivity index (χ0) is 13.9. The van der Waals surface area contributed by atoms with Crippen LogP contribution in [-0.2, 0) is 6.54 Å². The van der Waals surface area contributed by atoms with E-state index in [-0.39, 0.29) is 11.9 Å². The lowest BCUT2D eigenvalue weighted by molar-refractivity contribution is 0.0578. The molecule has 1 unspecified atom stereocenters. The smallest absolute Gasteiger partial charge is 0.270 e. The predicted octanol–water partition coefficient (Wildman–Crippen LogP) is 2.21. The van der Waals surface area contributed by atoms with E-state index in [1.54, 1.807) is 6.20 Å². The van der Waals surface area contributed by atoms with Crippen molar-refractivity contribution in [2.24, 2.45) is 0 Å². The van der Waals surface area contributed by atoms with Crippen LogP contribution in [0.15, 0.2) is 30.7 Å². The van der Waals surface area contributed by atoms with E-state index in [0.717, 1.165) is 31.5 Å². The van der Waals surface area contributed by atoms with Gasteiger partial charge in [-0.3, -0.25) is 9.48 Å². The maximum Gasteiger partial charge on any atom is 0.270 e. The molecule has 0 aliphatic carbocycles. The van der Waals surface area contributed by atoms with Crippen molar-refractivity contribution in [3.63, 3.8) is 0 Å². The van der Waals surface area contributed by atoms with Gasteiger partial charge in [-0.05, 0) is 43.9 Å². The van der Waals surface area contributed by atoms with Gasteiger partial charge in [0.25, 0.3) is 5.91 Å². The molecule has 3 rings (SSSR count). The first-order chi connectivity index (χ1) is 9.74. The van der Waals surface area contributed by atoms with Gasteiger partial charge in [-0.1, -0.05) is 0 Å². The van der Waals surface area contributed by atoms with Gasteiger partial charge in [0.15, 0.2) is 0 Å². The van der Waals surface area contributed by atoms with Gasteiger partial charge in [0, 0.05) is 18.9 Å². The van der Waals surface area contributed by atoms with Gasteiger partial charge in [-0.15, -0.1) is 0 Å². The average molecular weight is 272 g/mol. The number of nitrogens with zero attached hydrogens (tertiary/aromatic N) is 3. The summed E-state index contributed by atoms with van der Waals surface area (Å²) in [6.45, 7) is 3.65. The molecule has 1 amide bonds. The number of likely N-dealkylation sites (tertiary alicyclic amines) is 1. The molecule has 20 heavy (non-hydrogen) atoms. The van der Waals surface area contributed by atoms with Crippen molar-refractivity contribution >= 4 is 5.91 Å². The number of amides is 1. The fourth-order valence-electron chi connectivity index (χ4n) is 2.86. The Kier molecular flexibility index (Phi) is 3.58. The van der Waals surface area contributed by atoms with Crippen LogP contribution in [0.1, 0.15) is 35.3 Å². The van der Waals surface area contributed by atoms with Gasteiger partial charge < -0.3 is 9.88 Å². The highest BCUT2D eigenvalue weighted by Gasteiger charge is 2.28. The minimum Gasteiger partial charge on any atom is -0.357 e. The molecule has 1 fully saturated rings. The van der Waals surface area contributed by atoms with Crippen LogP contribution in [0.3, 0.4) is 0 Å². The van der Waals surface area contributed by atoms with Crippen molar-refractivity contribution in [1.82, 2.24) is 19.7 Å². The Morgan fingerprint density at radius 2 is 2.40 bits per heavy atom. The third kappa shape index (κ3) is 2.61. The molecule has 106 valence electrons. The van der Waals surface area contributed by atoms with E-state index in [0.29, 0.717) is 5.69 Å². The summed E-state index contributed by atoms with van der Waals surface area (Å²) in [6, 6.07) is 3.94. The van der Waals surface area contributed by atoms with Crippen LogP contribution in [0, 0.1) is 6.92 Å². The van der Waals surface area contributed by atoms with E-state index in [1.807, 2.05) is 41.0 Å². The van der Waals surface area contributed by atoms with Gasteiger partial charge in [0.1, 0.15) is 5.69 Å². The van der Waals surface area contributed by atoms with Crippen LogP contribution in [0.25, 0.3) is 0 Å². The number of aryl methyl sites for hydroxylation is 1. The highest BCUT2D eigenvalue weighted by Crippen LogP contribution is 2.20. The number of rotatable bonds is 3. The standard InChI is InChI=1S/C15H20N4O/c1-12-9-17-18(10-12)11-13-5-2-3-8-19(13)15(20)14-6-4-7-16-14/h4,6-7,9-10,13,16H,2-3,5,8,11H2,1H3. The second-order valence-corrected chi connectivity index (χ2v) is 5.47. The third-order valence-electron chi connectivity index (χ3n) is 3.88. The molecule has 5 nitrogen and oxygen atoms in total. The van der Waals surface area contributed by atoms with Crippen molar-refractivity contribution in [1.29, 1.82) is 0 Å². The molecule has 5 heteroatoms. The molecule has 0 spiro atoms. The van der Waals surface area contributed by atoms with Crippen LogP contribution in [-0.4, -0.2) is 38.2 Å². The molecule has 3 heterocycles. The number of hydrogen-bond donors (Lipinski definition) is 1. The van der Waals surface area contributed by atoms with Gasteiger partial charge in [-0.25, -0.2) is 0 Å². The molecule has 2 aromatic rings. The fraction of sp³-hybridized carbons (Fsp3) is 0.467. The van der Waals surface area contributed by atoms with E-state index in [2.05, 4.69) is 10.1 Å². The van der Waals surface area contributed by atoms with Gasteiger partial charge >= 0.3 is 0 Å². The molecular weight excluding hydrogens is 252 g/mol. The molecule has 1 N–H and O–H groups in total. The Hall–Kier alpha value is -2.04. The number of aromatic nitrogens is 3. The summed E-state index contributed by atoms with van der Waals surface area (Å²) in [5.41, 5.74) is 1.83. The lowest BCUT2D eigenvalue weighted by atomic mass is 10.0. The van der Waals surface area contributed by atoms with Crippen molar-refractivity contribution < 1.29 is 4.79 Å². The number of H-pyrrole nitrogens is 1. The lowest BCUT2D eigenvalue weighted by Crippen LogP contribution is -2.46. The first-order valence-electron chi connectivity index (χ1n) is 7.17. The third-order valence-corrected chi connectivity index (χ3v) is 3.88. The van der Waals surface area contributed by atoms with E-state index >= 15 is 0 Å². The molecular formula is C15H20N4O. The second kappa shape index (κ2) is 5.53. The highest BCUT2D eigenvalue weighted by molar-refractivity contribution is 5.92. The quantitative estimate of drug-likeness (QED) is 0.931. The summed E-state index contributed by atoms with van der Waals surface area (Å²) in [5.74, 6) is 0.101. The Labute approximate surface area is 118 Å². The summed E-state index contributed by atoms with van der Waals surface area (Å²) >= 11 is 0. The molecule has 1 saturated heterocycles. The maximum atomic E-state index is 12.5. The molecule has 0 saturated carbocycles. The largest absolute Gasteiger partial charge is 0.357 e. The van der Waals surface area contributed by atoms with Crippen molar-refractivity contribution in [3.05, 3.63) is 42.0 Å². The van der Waals surface area contributed by atoms with E-state index in [1.165, 1.54) is 6.42 Å². The summed E-state index contributed by atoms with van der Waals surface area (Å²) in [5, 5.41) is 4.34. The molecule has 2 aromatic heterocycles. The predicted molar refractivity (Wildman–Crippen MR) is 76.4 cm³/mol. The van der Waals surface area contributed by atoms with Gasteiger partial charge in [0.2, 0.25) is 0 Å². The number of hydrogen-bond acceptors (Lipinski definition) is 2. The van der Waals surface area contributed by atoms with Crippen LogP contribution in [0.4, 0.5) is 0 Å². The first kappa shape index (κ1) is 13.0. The monoisotopic (exact) mass is 272 g/mol. The van der Waals surface area contributed by atoms with E-state index in [9.17, 15) is 4.79 Å². The number of carbonyl (C=O) groups excluding carboxylic acids is 1. The Bertz CT molecular complexity index is 572. The minimum atomic E-state index is 0.101. The molecule has 0 radical (unpaired) electrons. The van der Waals surface area contributed by atoms with Gasteiger partial charge in [-0.2, -0.15) is 5.10 Å². The van der Waals surface area contributed by atoms with Crippen molar-refractivity contribution in [2.45, 2.75) is 38.8 Å². The fourth-order valence-corrected chi connectivity index (χ4v) is 2.86. The summed E-state index contributed by atoms with van der Waals surface area (Å²) in [4.78, 5) is 17.5. The molecule has 0 bridgehead atoms. The molecule has 1 aliphatic heterocycles. The summed E-state index contributed by atoms with van der Waals surface area (Å²) in [6.07, 6.45) is 9.00. The van der Waals surface area contributed by atoms with E-state index < -0.39 is 0 Å². The highest BCUT2D eigenvalue weighted by atomic mass is 16.2.